The van der Waals surface area contributed by atoms with Crippen molar-refractivity contribution in [1.29, 1.82) is 5.26 Å². The van der Waals surface area contributed by atoms with Crippen molar-refractivity contribution in [2.75, 3.05) is 7.11 Å². The van der Waals surface area contributed by atoms with Gasteiger partial charge < -0.3 is 4.74 Å². The number of nitrogens with zero attached hydrogens (tertiary/aromatic N) is 1. The minimum Gasteiger partial charge on any atom is -0.465 e. The summed E-state index contributed by atoms with van der Waals surface area (Å²) in [5.74, 6) is -0.261. The molecule has 0 atom stereocenters. The van der Waals surface area contributed by atoms with Crippen LogP contribution in [0.15, 0.2) is 16.6 Å². The van der Waals surface area contributed by atoms with Crippen molar-refractivity contribution >= 4 is 33.5 Å². The molecule has 0 unspecified atom stereocenters. The largest absolute Gasteiger partial charge is 0.465 e. The molecule has 0 aliphatic rings. The summed E-state index contributed by atoms with van der Waals surface area (Å²) >= 11 is 8.85. The van der Waals surface area contributed by atoms with Gasteiger partial charge in [-0.1, -0.05) is 6.07 Å². The van der Waals surface area contributed by atoms with Crippen LogP contribution in [0.1, 0.15) is 21.5 Å². The fourth-order valence-corrected chi connectivity index (χ4v) is 1.98. The normalized spacial score (nSPS) is 9.47. The number of esters is 1. The summed E-state index contributed by atoms with van der Waals surface area (Å²) in [5, 5.41) is 8.92. The second-order valence-electron chi connectivity index (χ2n) is 2.70. The molecule has 0 aliphatic carbocycles. The molecule has 0 radical (unpaired) electrons. The Morgan fingerprint density at radius 2 is 2.33 bits per heavy atom. The monoisotopic (exact) mass is 287 g/mol. The molecule has 5 heteroatoms. The van der Waals surface area contributed by atoms with E-state index in [9.17, 15) is 4.79 Å². The third-order valence-corrected chi connectivity index (χ3v) is 3.00. The van der Waals surface area contributed by atoms with Crippen molar-refractivity contribution in [2.24, 2.45) is 0 Å². The molecule has 0 heterocycles. The third-order valence-electron chi connectivity index (χ3n) is 1.89. The Morgan fingerprint density at radius 1 is 1.67 bits per heavy atom. The van der Waals surface area contributed by atoms with Crippen LogP contribution in [0.25, 0.3) is 0 Å². The van der Waals surface area contributed by atoms with E-state index < -0.39 is 5.97 Å². The molecule has 0 amide bonds. The first-order valence-electron chi connectivity index (χ1n) is 4.01. The second-order valence-corrected chi connectivity index (χ2v) is 3.76. The Labute approximate surface area is 101 Å². The van der Waals surface area contributed by atoms with Gasteiger partial charge in [0.05, 0.1) is 22.7 Å². The quantitative estimate of drug-likeness (QED) is 0.621. The lowest BCUT2D eigenvalue weighted by molar-refractivity contribution is 0.0599. The first kappa shape index (κ1) is 12.0. The van der Waals surface area contributed by atoms with Crippen LogP contribution in [0.2, 0.25) is 0 Å². The van der Waals surface area contributed by atoms with E-state index in [4.69, 9.17) is 16.9 Å². The second kappa shape index (κ2) is 5.15. The van der Waals surface area contributed by atoms with Crippen LogP contribution in [0.3, 0.4) is 0 Å². The number of carbonyl (C=O) groups excluding carboxylic acids is 1. The molecule has 0 fully saturated rings. The van der Waals surface area contributed by atoms with Crippen LogP contribution in [0, 0.1) is 11.3 Å². The van der Waals surface area contributed by atoms with Crippen LogP contribution < -0.4 is 0 Å². The van der Waals surface area contributed by atoms with E-state index in [-0.39, 0.29) is 5.88 Å². The zero-order valence-corrected chi connectivity index (χ0v) is 10.2. The molecule has 1 aromatic carbocycles. The minimum absolute atomic E-state index is 0.225. The summed E-state index contributed by atoms with van der Waals surface area (Å²) in [6, 6.07) is 5.21. The molecular formula is C10H7BrClNO2. The number of rotatable bonds is 2. The highest BCUT2D eigenvalue weighted by Gasteiger charge is 2.16. The fourth-order valence-electron chi connectivity index (χ4n) is 1.12. The lowest BCUT2D eigenvalue weighted by atomic mass is 10.1. The van der Waals surface area contributed by atoms with Gasteiger partial charge in [-0.3, -0.25) is 0 Å². The molecule has 0 bridgehead atoms. The molecular weight excluding hydrogens is 281 g/mol. The van der Waals surface area contributed by atoms with Crippen molar-refractivity contribution in [3.05, 3.63) is 33.3 Å². The molecule has 1 aromatic rings. The van der Waals surface area contributed by atoms with Gasteiger partial charge in [0.1, 0.15) is 6.07 Å². The highest BCUT2D eigenvalue weighted by molar-refractivity contribution is 9.10. The number of alkyl halides is 1. The van der Waals surface area contributed by atoms with E-state index in [0.717, 1.165) is 0 Å². The van der Waals surface area contributed by atoms with Crippen LogP contribution in [-0.2, 0) is 10.6 Å². The summed E-state index contributed by atoms with van der Waals surface area (Å²) in [5.41, 5.74) is 1.37. The molecule has 15 heavy (non-hydrogen) atoms. The third kappa shape index (κ3) is 2.31. The molecule has 0 spiro atoms. The molecule has 0 saturated carbocycles. The van der Waals surface area contributed by atoms with E-state index in [0.29, 0.717) is 21.2 Å². The van der Waals surface area contributed by atoms with Crippen molar-refractivity contribution < 1.29 is 9.53 Å². The average Bonchev–Trinajstić information content (AvgIpc) is 2.27. The molecule has 0 aliphatic heterocycles. The molecule has 0 saturated heterocycles. The van der Waals surface area contributed by atoms with Crippen molar-refractivity contribution in [1.82, 2.24) is 0 Å². The number of ether oxygens (including phenoxy) is 1. The van der Waals surface area contributed by atoms with Crippen LogP contribution in [0.4, 0.5) is 0 Å². The Bertz CT molecular complexity index is 440. The number of hydrogen-bond donors (Lipinski definition) is 0. The summed E-state index contributed by atoms with van der Waals surface area (Å²) in [4.78, 5) is 11.3. The highest BCUT2D eigenvalue weighted by atomic mass is 79.9. The lowest BCUT2D eigenvalue weighted by Crippen LogP contribution is -2.04. The molecule has 78 valence electrons. The number of halogens is 2. The predicted molar refractivity (Wildman–Crippen MR) is 59.8 cm³/mol. The van der Waals surface area contributed by atoms with Crippen molar-refractivity contribution in [2.45, 2.75) is 5.88 Å². The maximum Gasteiger partial charge on any atom is 0.339 e. The van der Waals surface area contributed by atoms with Gasteiger partial charge in [0, 0.05) is 5.88 Å². The Morgan fingerprint density at radius 3 is 2.80 bits per heavy atom. The van der Waals surface area contributed by atoms with E-state index in [1.807, 2.05) is 6.07 Å². The molecule has 0 aromatic heterocycles. The number of carbonyl (C=O) groups is 1. The van der Waals surface area contributed by atoms with Crippen LogP contribution in [0.5, 0.6) is 0 Å². The van der Waals surface area contributed by atoms with Crippen LogP contribution >= 0.6 is 27.5 Å². The molecule has 3 nitrogen and oxygen atoms in total. The Kier molecular flexibility index (Phi) is 4.13. The fraction of sp³-hybridized carbons (Fsp3) is 0.200. The number of hydrogen-bond acceptors (Lipinski definition) is 3. The molecule has 0 N–H and O–H groups in total. The SMILES string of the molecule is COC(=O)c1ccc(CCl)c(C#N)c1Br. The van der Waals surface area contributed by atoms with E-state index in [1.54, 1.807) is 12.1 Å². The first-order chi connectivity index (χ1) is 7.15. The topological polar surface area (TPSA) is 50.1 Å². The number of nitriles is 1. The van der Waals surface area contributed by atoms with E-state index in [2.05, 4.69) is 20.7 Å². The zero-order chi connectivity index (χ0) is 11.4. The minimum atomic E-state index is -0.487. The van der Waals surface area contributed by atoms with Crippen LogP contribution in [-0.4, -0.2) is 13.1 Å². The average molecular weight is 289 g/mol. The summed E-state index contributed by atoms with van der Waals surface area (Å²) in [6.07, 6.45) is 0. The smallest absolute Gasteiger partial charge is 0.339 e. The summed E-state index contributed by atoms with van der Waals surface area (Å²) in [6.45, 7) is 0. The zero-order valence-electron chi connectivity index (χ0n) is 7.88. The Hall–Kier alpha value is -1.05. The highest BCUT2D eigenvalue weighted by Crippen LogP contribution is 2.26. The maximum atomic E-state index is 11.3. The van der Waals surface area contributed by atoms with Gasteiger partial charge in [0.25, 0.3) is 0 Å². The van der Waals surface area contributed by atoms with Gasteiger partial charge >= 0.3 is 5.97 Å². The first-order valence-corrected chi connectivity index (χ1v) is 5.34. The lowest BCUT2D eigenvalue weighted by Gasteiger charge is -2.06. The predicted octanol–water partition coefficient (Wildman–Crippen LogP) is 2.85. The maximum absolute atomic E-state index is 11.3. The van der Waals surface area contributed by atoms with Gasteiger partial charge in [0.2, 0.25) is 0 Å². The summed E-state index contributed by atoms with van der Waals surface area (Å²) < 4.78 is 5.00. The van der Waals surface area contributed by atoms with Gasteiger partial charge in [-0.05, 0) is 27.6 Å². The molecule has 1 rings (SSSR count). The summed E-state index contributed by atoms with van der Waals surface area (Å²) in [7, 11) is 1.29. The Balaban J connectivity index is 3.37. The van der Waals surface area contributed by atoms with E-state index >= 15 is 0 Å². The van der Waals surface area contributed by atoms with E-state index in [1.165, 1.54) is 7.11 Å². The number of methoxy groups -OCH3 is 1. The number of benzene rings is 1. The van der Waals surface area contributed by atoms with Crippen molar-refractivity contribution in [3.63, 3.8) is 0 Å². The van der Waals surface area contributed by atoms with Crippen molar-refractivity contribution in [3.8, 4) is 6.07 Å². The van der Waals surface area contributed by atoms with Gasteiger partial charge in [-0.15, -0.1) is 11.6 Å². The van der Waals surface area contributed by atoms with Gasteiger partial charge in [-0.2, -0.15) is 5.26 Å². The van der Waals surface area contributed by atoms with Gasteiger partial charge in [0.15, 0.2) is 0 Å². The standard InChI is InChI=1S/C10H7BrClNO2/c1-15-10(14)7-3-2-6(4-12)8(5-13)9(7)11/h2-3H,4H2,1H3. The van der Waals surface area contributed by atoms with Gasteiger partial charge in [-0.25, -0.2) is 4.79 Å².